The first-order valence-corrected chi connectivity index (χ1v) is 12.2. The molecule has 2 aliphatic rings. The number of ketones is 1. The molecule has 0 spiro atoms. The van der Waals surface area contributed by atoms with Gasteiger partial charge in [-0.1, -0.05) is 24.8 Å². The molecule has 3 aromatic rings. The highest BCUT2D eigenvalue weighted by molar-refractivity contribution is 6.15. The largest absolute Gasteiger partial charge is 0.493 e. The molecule has 0 saturated heterocycles. The highest BCUT2D eigenvalue weighted by atomic mass is 16.5. The number of esters is 2. The van der Waals surface area contributed by atoms with Crippen molar-refractivity contribution in [2.24, 2.45) is 0 Å². The standard InChI is InChI=1S/C31H26O8/c1-17(2)16-37-25-14-20(9-11-23(25)35-3)22-15-27(32)38-24-12-10-21-29(33)26(39-30(21)28(22)24)13-18-5-7-19(8-6-18)31(34)36-4/h5-14,22H,1,15-16H2,2-4H3/b26-13-. The van der Waals surface area contributed by atoms with E-state index >= 15 is 0 Å². The zero-order valence-corrected chi connectivity index (χ0v) is 21.7. The summed E-state index contributed by atoms with van der Waals surface area (Å²) in [6.45, 7) is 6.05. The number of ether oxygens (including phenoxy) is 5. The van der Waals surface area contributed by atoms with Crippen LogP contribution in [0, 0.1) is 0 Å². The number of allylic oxidation sites excluding steroid dienone is 1. The Bertz CT molecular complexity index is 1530. The smallest absolute Gasteiger partial charge is 0.337 e. The van der Waals surface area contributed by atoms with Crippen molar-refractivity contribution in [2.75, 3.05) is 20.8 Å². The first-order valence-electron chi connectivity index (χ1n) is 12.2. The van der Waals surface area contributed by atoms with Crippen molar-refractivity contribution in [1.82, 2.24) is 0 Å². The molecule has 1 unspecified atom stereocenters. The third-order valence-electron chi connectivity index (χ3n) is 6.47. The van der Waals surface area contributed by atoms with E-state index < -0.39 is 17.9 Å². The Morgan fingerprint density at radius 2 is 1.79 bits per heavy atom. The van der Waals surface area contributed by atoms with Gasteiger partial charge in [0.15, 0.2) is 17.3 Å². The zero-order chi connectivity index (χ0) is 27.7. The summed E-state index contributed by atoms with van der Waals surface area (Å²) in [6, 6.07) is 15.3. The van der Waals surface area contributed by atoms with Gasteiger partial charge in [-0.2, -0.15) is 0 Å². The summed E-state index contributed by atoms with van der Waals surface area (Å²) >= 11 is 0. The average molecular weight is 527 g/mol. The summed E-state index contributed by atoms with van der Waals surface area (Å²) in [5.41, 5.74) is 3.68. The minimum absolute atomic E-state index is 0.0568. The van der Waals surface area contributed by atoms with Crippen molar-refractivity contribution in [3.8, 4) is 23.0 Å². The van der Waals surface area contributed by atoms with Gasteiger partial charge in [0.25, 0.3) is 0 Å². The van der Waals surface area contributed by atoms with Crippen molar-refractivity contribution >= 4 is 23.8 Å². The van der Waals surface area contributed by atoms with Crippen molar-refractivity contribution in [2.45, 2.75) is 19.3 Å². The van der Waals surface area contributed by atoms with Gasteiger partial charge in [0.05, 0.1) is 31.8 Å². The fourth-order valence-corrected chi connectivity index (χ4v) is 4.60. The van der Waals surface area contributed by atoms with Gasteiger partial charge in [0, 0.05) is 11.5 Å². The van der Waals surface area contributed by atoms with E-state index in [9.17, 15) is 14.4 Å². The molecule has 0 amide bonds. The second kappa shape index (κ2) is 10.5. The van der Waals surface area contributed by atoms with Gasteiger partial charge in [-0.15, -0.1) is 0 Å². The van der Waals surface area contributed by atoms with Crippen LogP contribution in [0.3, 0.4) is 0 Å². The number of benzene rings is 3. The van der Waals surface area contributed by atoms with Gasteiger partial charge in [-0.25, -0.2) is 4.79 Å². The number of fused-ring (bicyclic) bond motifs is 3. The van der Waals surface area contributed by atoms with E-state index in [2.05, 4.69) is 6.58 Å². The van der Waals surface area contributed by atoms with Crippen LogP contribution in [0.4, 0.5) is 0 Å². The van der Waals surface area contributed by atoms with Crippen LogP contribution in [0.5, 0.6) is 23.0 Å². The van der Waals surface area contributed by atoms with Crippen molar-refractivity contribution < 1.29 is 38.1 Å². The van der Waals surface area contributed by atoms with E-state index in [1.165, 1.54) is 7.11 Å². The summed E-state index contributed by atoms with van der Waals surface area (Å²) in [4.78, 5) is 37.6. The number of methoxy groups -OCH3 is 2. The molecule has 8 nitrogen and oxygen atoms in total. The molecule has 3 aromatic carbocycles. The Hall–Kier alpha value is -4.85. The van der Waals surface area contributed by atoms with Crippen LogP contribution in [0.25, 0.3) is 6.08 Å². The predicted molar refractivity (Wildman–Crippen MR) is 143 cm³/mol. The molecular weight excluding hydrogens is 500 g/mol. The molecule has 0 N–H and O–H groups in total. The average Bonchev–Trinajstić information content (AvgIpc) is 3.25. The SMILES string of the molecule is C=C(C)COc1cc(C2CC(=O)Oc3ccc4c(c32)O/C(=C\c2ccc(C(=O)OC)cc2)C4=O)ccc1OC. The Morgan fingerprint density at radius 3 is 2.49 bits per heavy atom. The molecule has 2 aliphatic heterocycles. The van der Waals surface area contributed by atoms with Crippen molar-refractivity contribution in [3.63, 3.8) is 0 Å². The van der Waals surface area contributed by atoms with Gasteiger partial charge in [-0.05, 0) is 66.1 Å². The van der Waals surface area contributed by atoms with E-state index in [0.29, 0.717) is 51.9 Å². The first-order chi connectivity index (χ1) is 18.8. The molecule has 2 heterocycles. The lowest BCUT2D eigenvalue weighted by molar-refractivity contribution is -0.135. The number of rotatable bonds is 7. The second-order valence-corrected chi connectivity index (χ2v) is 9.29. The predicted octanol–water partition coefficient (Wildman–Crippen LogP) is 5.49. The molecule has 39 heavy (non-hydrogen) atoms. The van der Waals surface area contributed by atoms with Crippen molar-refractivity contribution in [1.29, 1.82) is 0 Å². The lowest BCUT2D eigenvalue weighted by atomic mass is 9.84. The van der Waals surface area contributed by atoms with Crippen LogP contribution in [0.15, 0.2) is 72.5 Å². The van der Waals surface area contributed by atoms with Gasteiger partial charge in [0.2, 0.25) is 5.78 Å². The van der Waals surface area contributed by atoms with Gasteiger partial charge in [0.1, 0.15) is 18.1 Å². The van der Waals surface area contributed by atoms with E-state index in [4.69, 9.17) is 23.7 Å². The monoisotopic (exact) mass is 526 g/mol. The number of carbonyl (C=O) groups excluding carboxylic acids is 3. The molecule has 0 fully saturated rings. The van der Waals surface area contributed by atoms with Crippen LogP contribution in [0.2, 0.25) is 0 Å². The summed E-state index contributed by atoms with van der Waals surface area (Å²) in [6.07, 6.45) is 1.66. The highest BCUT2D eigenvalue weighted by Gasteiger charge is 2.38. The Balaban J connectivity index is 1.53. The highest BCUT2D eigenvalue weighted by Crippen LogP contribution is 2.49. The summed E-state index contributed by atoms with van der Waals surface area (Å²) in [5, 5.41) is 0. The maximum atomic E-state index is 13.3. The van der Waals surface area contributed by atoms with Crippen LogP contribution in [-0.2, 0) is 9.53 Å². The maximum absolute atomic E-state index is 13.3. The summed E-state index contributed by atoms with van der Waals surface area (Å²) < 4.78 is 27.7. The molecule has 0 bridgehead atoms. The van der Waals surface area contributed by atoms with E-state index in [-0.39, 0.29) is 18.0 Å². The lowest BCUT2D eigenvalue weighted by Crippen LogP contribution is -2.21. The normalized spacial score (nSPS) is 16.6. The van der Waals surface area contributed by atoms with Crippen LogP contribution in [0.1, 0.15) is 56.7 Å². The molecule has 5 rings (SSSR count). The first kappa shape index (κ1) is 25.8. The van der Waals surface area contributed by atoms with Crippen molar-refractivity contribution in [3.05, 3.63) is 100 Å². The van der Waals surface area contributed by atoms with Gasteiger partial charge >= 0.3 is 11.9 Å². The number of hydrogen-bond donors (Lipinski definition) is 0. The molecule has 1 atom stereocenters. The number of hydrogen-bond acceptors (Lipinski definition) is 8. The van der Waals surface area contributed by atoms with E-state index in [1.54, 1.807) is 55.7 Å². The Kier molecular flexibility index (Phi) is 6.94. The fraction of sp³-hybridized carbons (Fsp3) is 0.194. The molecule has 0 saturated carbocycles. The second-order valence-electron chi connectivity index (χ2n) is 9.29. The Labute approximate surface area is 225 Å². The summed E-state index contributed by atoms with van der Waals surface area (Å²) in [5.74, 6) is 0.305. The molecule has 0 aliphatic carbocycles. The topological polar surface area (TPSA) is 97.4 Å². The zero-order valence-electron chi connectivity index (χ0n) is 21.7. The maximum Gasteiger partial charge on any atom is 0.337 e. The van der Waals surface area contributed by atoms with Crippen LogP contribution in [-0.4, -0.2) is 38.5 Å². The van der Waals surface area contributed by atoms with Gasteiger partial charge in [-0.3, -0.25) is 9.59 Å². The number of Topliss-reactive ketones (excluding diaryl/α,β-unsaturated/α-hetero) is 1. The van der Waals surface area contributed by atoms with E-state index in [0.717, 1.165) is 11.1 Å². The molecule has 0 aromatic heterocycles. The Morgan fingerprint density at radius 1 is 1.03 bits per heavy atom. The minimum atomic E-state index is -0.450. The minimum Gasteiger partial charge on any atom is -0.493 e. The molecule has 0 radical (unpaired) electrons. The van der Waals surface area contributed by atoms with Crippen LogP contribution < -0.4 is 18.9 Å². The number of carbonyl (C=O) groups is 3. The lowest BCUT2D eigenvalue weighted by Gasteiger charge is -2.27. The fourth-order valence-electron chi connectivity index (χ4n) is 4.60. The summed E-state index contributed by atoms with van der Waals surface area (Å²) in [7, 11) is 2.87. The molecular formula is C31H26O8. The van der Waals surface area contributed by atoms with Gasteiger partial charge < -0.3 is 23.7 Å². The molecule has 198 valence electrons. The van der Waals surface area contributed by atoms with E-state index in [1.807, 2.05) is 19.1 Å². The quantitative estimate of drug-likeness (QED) is 0.172. The third-order valence-corrected chi connectivity index (χ3v) is 6.47. The van der Waals surface area contributed by atoms with Crippen LogP contribution >= 0.6 is 0 Å². The third kappa shape index (κ3) is 5.01. The molecule has 8 heteroatoms.